The van der Waals surface area contributed by atoms with Crippen molar-refractivity contribution in [1.29, 1.82) is 0 Å². The molecule has 0 heterocycles. The fourth-order valence-corrected chi connectivity index (χ4v) is 2.25. The zero-order valence-electron chi connectivity index (χ0n) is 16.1. The lowest BCUT2D eigenvalue weighted by Crippen LogP contribution is -2.27. The molecule has 0 fully saturated rings. The van der Waals surface area contributed by atoms with E-state index < -0.39 is 35.4 Å². The molecular weight excluding hydrogens is 393 g/mol. The lowest BCUT2D eigenvalue weighted by molar-refractivity contribution is -0.274. The number of hydrogen-bond donors (Lipinski definition) is 0. The minimum Gasteiger partial charge on any atom is -0.428 e. The van der Waals surface area contributed by atoms with Crippen molar-refractivity contribution in [3.8, 4) is 17.2 Å². The van der Waals surface area contributed by atoms with Crippen LogP contribution < -0.4 is 14.2 Å². The number of ether oxygens (including phenoxy) is 4. The van der Waals surface area contributed by atoms with E-state index in [-0.39, 0.29) is 17.1 Å². The minimum atomic E-state index is -4.97. The largest absolute Gasteiger partial charge is 0.573 e. The van der Waals surface area contributed by atoms with Gasteiger partial charge in [-0.15, -0.1) is 13.2 Å². The smallest absolute Gasteiger partial charge is 0.428 e. The first-order valence-corrected chi connectivity index (χ1v) is 8.43. The summed E-state index contributed by atoms with van der Waals surface area (Å²) in [5.41, 5.74) is -1.50. The molecule has 156 valence electrons. The van der Waals surface area contributed by atoms with Crippen molar-refractivity contribution in [2.75, 3.05) is 0 Å². The van der Waals surface area contributed by atoms with E-state index in [1.165, 1.54) is 19.1 Å². The van der Waals surface area contributed by atoms with E-state index >= 15 is 0 Å². The van der Waals surface area contributed by atoms with Crippen molar-refractivity contribution in [2.24, 2.45) is 0 Å². The topological polar surface area (TPSA) is 71.1 Å². The molecule has 0 radical (unpaired) electrons. The molecule has 0 aliphatic heterocycles. The maximum atomic E-state index is 12.7. The number of benzene rings is 2. The summed E-state index contributed by atoms with van der Waals surface area (Å²) < 4.78 is 57.1. The van der Waals surface area contributed by atoms with Crippen LogP contribution in [0.3, 0.4) is 0 Å². The van der Waals surface area contributed by atoms with Crippen LogP contribution in [0.5, 0.6) is 17.2 Å². The van der Waals surface area contributed by atoms with Gasteiger partial charge in [0.25, 0.3) is 0 Å². The number of hydrogen-bond acceptors (Lipinski definition) is 6. The Morgan fingerprint density at radius 3 is 2.00 bits per heavy atom. The highest BCUT2D eigenvalue weighted by atomic mass is 19.4. The standard InChI is InChI=1S/C20H19F3O6/c1-12-14(28-20(21,22)23)10-11-15(27-18(25)29-19(2,3)4)16(12)17(24)26-13-8-6-5-7-9-13/h5-11H,1-4H3. The summed E-state index contributed by atoms with van der Waals surface area (Å²) in [4.78, 5) is 24.6. The number of esters is 1. The fourth-order valence-electron chi connectivity index (χ4n) is 2.25. The number of para-hydroxylation sites is 1. The summed E-state index contributed by atoms with van der Waals surface area (Å²) in [7, 11) is 0. The van der Waals surface area contributed by atoms with Crippen LogP contribution >= 0.6 is 0 Å². The Morgan fingerprint density at radius 2 is 1.45 bits per heavy atom. The Kier molecular flexibility index (Phi) is 6.41. The summed E-state index contributed by atoms with van der Waals surface area (Å²) in [5, 5.41) is 0. The molecule has 0 saturated carbocycles. The van der Waals surface area contributed by atoms with Crippen molar-refractivity contribution in [3.05, 3.63) is 53.6 Å². The van der Waals surface area contributed by atoms with Crippen molar-refractivity contribution in [3.63, 3.8) is 0 Å². The molecule has 29 heavy (non-hydrogen) atoms. The van der Waals surface area contributed by atoms with Gasteiger partial charge in [0.1, 0.15) is 28.4 Å². The molecule has 9 heteroatoms. The highest BCUT2D eigenvalue weighted by Crippen LogP contribution is 2.34. The minimum absolute atomic E-state index is 0.155. The van der Waals surface area contributed by atoms with Gasteiger partial charge in [-0.1, -0.05) is 18.2 Å². The van der Waals surface area contributed by atoms with Crippen LogP contribution in [0.15, 0.2) is 42.5 Å². The lowest BCUT2D eigenvalue weighted by atomic mass is 10.1. The summed E-state index contributed by atoms with van der Waals surface area (Å²) in [6, 6.07) is 9.81. The van der Waals surface area contributed by atoms with Crippen LogP contribution in [-0.4, -0.2) is 24.1 Å². The first-order chi connectivity index (χ1) is 13.4. The summed E-state index contributed by atoms with van der Waals surface area (Å²) >= 11 is 0. The zero-order valence-corrected chi connectivity index (χ0v) is 16.1. The third-order valence-electron chi connectivity index (χ3n) is 3.34. The fraction of sp³-hybridized carbons (Fsp3) is 0.300. The van der Waals surface area contributed by atoms with Gasteiger partial charge in [0.2, 0.25) is 0 Å². The van der Waals surface area contributed by atoms with E-state index in [9.17, 15) is 22.8 Å². The van der Waals surface area contributed by atoms with Gasteiger partial charge in [0.15, 0.2) is 0 Å². The Balaban J connectivity index is 2.42. The van der Waals surface area contributed by atoms with E-state index in [0.29, 0.717) is 0 Å². The van der Waals surface area contributed by atoms with E-state index in [1.54, 1.807) is 39.0 Å². The second-order valence-electron chi connectivity index (χ2n) is 6.88. The van der Waals surface area contributed by atoms with E-state index in [0.717, 1.165) is 12.1 Å². The van der Waals surface area contributed by atoms with Gasteiger partial charge in [0, 0.05) is 5.56 Å². The van der Waals surface area contributed by atoms with Crippen molar-refractivity contribution in [1.82, 2.24) is 0 Å². The molecule has 6 nitrogen and oxygen atoms in total. The van der Waals surface area contributed by atoms with Crippen LogP contribution in [0.4, 0.5) is 18.0 Å². The van der Waals surface area contributed by atoms with Crippen LogP contribution in [0, 0.1) is 6.92 Å². The van der Waals surface area contributed by atoms with E-state index in [4.69, 9.17) is 14.2 Å². The van der Waals surface area contributed by atoms with Crippen molar-refractivity contribution in [2.45, 2.75) is 39.7 Å². The number of carbonyl (C=O) groups excluding carboxylic acids is 2. The average molecular weight is 412 g/mol. The average Bonchev–Trinajstić information content (AvgIpc) is 2.55. The van der Waals surface area contributed by atoms with Crippen LogP contribution in [0.25, 0.3) is 0 Å². The highest BCUT2D eigenvalue weighted by Gasteiger charge is 2.34. The third kappa shape index (κ3) is 6.70. The molecule has 0 aliphatic rings. The molecule has 0 atom stereocenters. The quantitative estimate of drug-likeness (QED) is 0.379. The molecule has 0 aromatic heterocycles. The van der Waals surface area contributed by atoms with Gasteiger partial charge >= 0.3 is 18.5 Å². The lowest BCUT2D eigenvalue weighted by Gasteiger charge is -2.20. The monoisotopic (exact) mass is 412 g/mol. The van der Waals surface area contributed by atoms with Crippen LogP contribution in [0.2, 0.25) is 0 Å². The number of alkyl halides is 3. The van der Waals surface area contributed by atoms with Gasteiger partial charge in [-0.05, 0) is 52.0 Å². The number of carbonyl (C=O) groups is 2. The molecule has 2 aromatic rings. The van der Waals surface area contributed by atoms with Crippen LogP contribution in [-0.2, 0) is 4.74 Å². The molecule has 0 N–H and O–H groups in total. The second-order valence-corrected chi connectivity index (χ2v) is 6.88. The SMILES string of the molecule is Cc1c(OC(F)(F)F)ccc(OC(=O)OC(C)(C)C)c1C(=O)Oc1ccccc1. The predicted octanol–water partition coefficient (Wildman–Crippen LogP) is 5.43. The molecule has 0 amide bonds. The molecule has 0 saturated heterocycles. The van der Waals surface area contributed by atoms with Gasteiger partial charge in [-0.2, -0.15) is 0 Å². The van der Waals surface area contributed by atoms with Gasteiger partial charge < -0.3 is 18.9 Å². The normalized spacial score (nSPS) is 11.6. The van der Waals surface area contributed by atoms with E-state index in [1.807, 2.05) is 0 Å². The van der Waals surface area contributed by atoms with Crippen molar-refractivity contribution >= 4 is 12.1 Å². The number of halogens is 3. The second kappa shape index (κ2) is 8.42. The molecule has 0 spiro atoms. The Morgan fingerprint density at radius 1 is 0.862 bits per heavy atom. The Bertz CT molecular complexity index is 886. The highest BCUT2D eigenvalue weighted by molar-refractivity contribution is 5.97. The van der Waals surface area contributed by atoms with E-state index in [2.05, 4.69) is 4.74 Å². The molecule has 2 rings (SSSR count). The van der Waals surface area contributed by atoms with Gasteiger partial charge in [0.05, 0.1) is 0 Å². The first kappa shape index (κ1) is 22.1. The van der Waals surface area contributed by atoms with Crippen molar-refractivity contribution < 1.29 is 41.7 Å². The molecule has 0 unspecified atom stereocenters. The van der Waals surface area contributed by atoms with Gasteiger partial charge in [-0.25, -0.2) is 9.59 Å². The van der Waals surface area contributed by atoms with Gasteiger partial charge in [-0.3, -0.25) is 0 Å². The Labute approximate surface area is 165 Å². The maximum Gasteiger partial charge on any atom is 0.573 e. The van der Waals surface area contributed by atoms with Crippen LogP contribution in [0.1, 0.15) is 36.7 Å². The zero-order chi connectivity index (χ0) is 21.8. The summed E-state index contributed by atoms with van der Waals surface area (Å²) in [6.45, 7) is 6.02. The third-order valence-corrected chi connectivity index (χ3v) is 3.34. The number of rotatable bonds is 4. The molecule has 0 bridgehead atoms. The predicted molar refractivity (Wildman–Crippen MR) is 96.1 cm³/mol. The summed E-state index contributed by atoms with van der Waals surface area (Å²) in [5.74, 6) is -1.83. The molecule has 0 aliphatic carbocycles. The Hall–Kier alpha value is -3.23. The molecule has 2 aromatic carbocycles. The first-order valence-electron chi connectivity index (χ1n) is 8.43. The summed E-state index contributed by atoms with van der Waals surface area (Å²) in [6.07, 6.45) is -6.10. The molecular formula is C20H19F3O6. The maximum absolute atomic E-state index is 12.7.